The fraction of sp³-hybridized carbons (Fsp3) is 0.286. The van der Waals surface area contributed by atoms with E-state index in [1.54, 1.807) is 0 Å². The Morgan fingerprint density at radius 1 is 1.04 bits per heavy atom. The Kier molecular flexibility index (Phi) is 4.15. The van der Waals surface area contributed by atoms with Gasteiger partial charge in [0.05, 0.1) is 5.65 Å². The van der Waals surface area contributed by atoms with Crippen LogP contribution in [-0.4, -0.2) is 9.38 Å². The predicted molar refractivity (Wildman–Crippen MR) is 94.9 cm³/mol. The van der Waals surface area contributed by atoms with Gasteiger partial charge in [0.1, 0.15) is 0 Å². The summed E-state index contributed by atoms with van der Waals surface area (Å²) in [6.07, 6.45) is 10.8. The molecule has 123 valence electrons. The second kappa shape index (κ2) is 6.31. The van der Waals surface area contributed by atoms with Crippen molar-refractivity contribution in [3.63, 3.8) is 0 Å². The number of aromatic nitrogens is 2. The van der Waals surface area contributed by atoms with E-state index in [0.717, 1.165) is 17.0 Å². The first-order valence-corrected chi connectivity index (χ1v) is 8.61. The average Bonchev–Trinajstić information content (AvgIpc) is 3.12. The largest absolute Gasteiger partial charge is 0.340 e. The number of benzene rings is 2. The first-order chi connectivity index (χ1) is 11.4. The summed E-state index contributed by atoms with van der Waals surface area (Å²) in [7, 11) is 0. The Bertz CT molecular complexity index is 1010. The van der Waals surface area contributed by atoms with Crippen LogP contribution in [0, 0.1) is 6.07 Å². The van der Waals surface area contributed by atoms with Crippen molar-refractivity contribution in [1.82, 2.24) is 9.38 Å². The second-order valence-corrected chi connectivity index (χ2v) is 6.69. The van der Waals surface area contributed by atoms with E-state index < -0.39 is 0 Å². The van der Waals surface area contributed by atoms with Crippen molar-refractivity contribution in [2.45, 2.75) is 38.0 Å². The maximum atomic E-state index is 4.57. The number of fused-ring (bicyclic) bond motifs is 6. The fourth-order valence-electron chi connectivity index (χ4n) is 4.19. The molecule has 0 aliphatic heterocycles. The van der Waals surface area contributed by atoms with E-state index in [4.69, 9.17) is 0 Å². The van der Waals surface area contributed by atoms with E-state index in [-0.39, 0.29) is 20.1 Å². The third kappa shape index (κ3) is 2.39. The molecule has 1 aliphatic rings. The summed E-state index contributed by atoms with van der Waals surface area (Å²) in [5, 5.41) is 3.65. The van der Waals surface area contributed by atoms with E-state index in [9.17, 15) is 0 Å². The molecule has 0 bridgehead atoms. The molecule has 1 aliphatic carbocycles. The van der Waals surface area contributed by atoms with Gasteiger partial charge in [-0.1, -0.05) is 36.8 Å². The number of nitrogens with zero attached hydrogens (tertiary/aromatic N) is 2. The minimum Gasteiger partial charge on any atom is -0.340 e. The van der Waals surface area contributed by atoms with Gasteiger partial charge in [0.2, 0.25) is 0 Å². The van der Waals surface area contributed by atoms with E-state index >= 15 is 0 Å². The van der Waals surface area contributed by atoms with Crippen LogP contribution in [0.5, 0.6) is 0 Å². The van der Waals surface area contributed by atoms with Gasteiger partial charge in [0, 0.05) is 38.0 Å². The van der Waals surface area contributed by atoms with E-state index in [2.05, 4.69) is 52.0 Å². The van der Waals surface area contributed by atoms with Crippen molar-refractivity contribution in [2.75, 3.05) is 0 Å². The summed E-state index contributed by atoms with van der Waals surface area (Å²) in [5.74, 6) is 0.727. The van der Waals surface area contributed by atoms with Gasteiger partial charge in [0.25, 0.3) is 0 Å². The number of rotatable bonds is 1. The summed E-state index contributed by atoms with van der Waals surface area (Å²) in [4.78, 5) is 4.57. The molecule has 2 aromatic carbocycles. The summed E-state index contributed by atoms with van der Waals surface area (Å²) >= 11 is 0. The van der Waals surface area contributed by atoms with Crippen LogP contribution in [0.2, 0.25) is 0 Å². The minimum atomic E-state index is 0. The Hall–Kier alpha value is -1.70. The van der Waals surface area contributed by atoms with Crippen molar-refractivity contribution in [1.29, 1.82) is 0 Å². The second-order valence-electron chi connectivity index (χ2n) is 6.69. The molecule has 5 rings (SSSR count). The van der Waals surface area contributed by atoms with Crippen molar-refractivity contribution < 1.29 is 20.1 Å². The fourth-order valence-corrected chi connectivity index (χ4v) is 4.19. The quantitative estimate of drug-likeness (QED) is 0.254. The molecule has 0 unspecified atom stereocenters. The standard InChI is InChI=1S/C21H19N2.Ir/c1-2-6-15(7-3-1)16-10-11-18-17-8-4-5-9-19(17)21-22-12-13-23(21)20(18)14-16;/h4-5,8,10-15H,1-3,6-7H2;/q-1;. The van der Waals surface area contributed by atoms with Crippen LogP contribution in [0.4, 0.5) is 0 Å². The molecule has 2 aromatic heterocycles. The predicted octanol–water partition coefficient (Wildman–Crippen LogP) is 5.49. The number of hydrogen-bond donors (Lipinski definition) is 0. The maximum absolute atomic E-state index is 4.57. The van der Waals surface area contributed by atoms with E-state index in [1.165, 1.54) is 54.0 Å². The van der Waals surface area contributed by atoms with Gasteiger partial charge in [-0.05, 0) is 35.8 Å². The Labute approximate surface area is 155 Å². The van der Waals surface area contributed by atoms with Crippen LogP contribution in [0.15, 0.2) is 48.8 Å². The van der Waals surface area contributed by atoms with Crippen molar-refractivity contribution in [2.24, 2.45) is 0 Å². The first kappa shape index (κ1) is 15.8. The Morgan fingerprint density at radius 2 is 1.92 bits per heavy atom. The third-order valence-corrected chi connectivity index (χ3v) is 5.37. The molecule has 2 heterocycles. The van der Waals surface area contributed by atoms with Crippen LogP contribution in [-0.2, 0) is 20.1 Å². The molecule has 24 heavy (non-hydrogen) atoms. The number of imidazole rings is 1. The summed E-state index contributed by atoms with van der Waals surface area (Å²) in [6.45, 7) is 0. The van der Waals surface area contributed by atoms with Gasteiger partial charge in [-0.2, -0.15) is 0 Å². The van der Waals surface area contributed by atoms with Gasteiger partial charge >= 0.3 is 0 Å². The van der Waals surface area contributed by atoms with Crippen LogP contribution in [0.1, 0.15) is 43.6 Å². The van der Waals surface area contributed by atoms with Crippen LogP contribution in [0.3, 0.4) is 0 Å². The van der Waals surface area contributed by atoms with Crippen LogP contribution >= 0.6 is 0 Å². The molecule has 1 saturated carbocycles. The zero-order valence-corrected chi connectivity index (χ0v) is 15.9. The van der Waals surface area contributed by atoms with E-state index in [1.807, 2.05) is 12.3 Å². The SMILES string of the molecule is [Ir].[c-]1cccc2c1c1nccn1c1cc(C3CCCCC3)ccc21. The zero-order valence-electron chi connectivity index (χ0n) is 13.5. The third-order valence-electron chi connectivity index (χ3n) is 5.37. The topological polar surface area (TPSA) is 17.3 Å². The van der Waals surface area contributed by atoms with Gasteiger partial charge in [0.15, 0.2) is 0 Å². The molecule has 0 amide bonds. The van der Waals surface area contributed by atoms with Crippen molar-refractivity contribution >= 4 is 27.3 Å². The maximum Gasteiger partial charge on any atom is 0.0608 e. The smallest absolute Gasteiger partial charge is 0.0608 e. The molecule has 0 spiro atoms. The first-order valence-electron chi connectivity index (χ1n) is 8.61. The summed E-state index contributed by atoms with van der Waals surface area (Å²) < 4.78 is 2.22. The molecule has 1 radical (unpaired) electrons. The molecule has 4 aromatic rings. The molecule has 2 nitrogen and oxygen atoms in total. The van der Waals surface area contributed by atoms with Crippen molar-refractivity contribution in [3.05, 3.63) is 60.4 Å². The molecular weight excluding hydrogens is 472 g/mol. The summed E-state index contributed by atoms with van der Waals surface area (Å²) in [5.41, 5.74) is 3.77. The Balaban J connectivity index is 0.00000146. The van der Waals surface area contributed by atoms with Gasteiger partial charge < -0.3 is 4.40 Å². The zero-order chi connectivity index (χ0) is 15.2. The number of hydrogen-bond acceptors (Lipinski definition) is 1. The normalized spacial score (nSPS) is 15.8. The monoisotopic (exact) mass is 492 g/mol. The van der Waals surface area contributed by atoms with Crippen LogP contribution < -0.4 is 0 Å². The van der Waals surface area contributed by atoms with Gasteiger partial charge in [-0.15, -0.1) is 29.7 Å². The molecular formula is C21H19IrN2-. The molecule has 0 atom stereocenters. The Morgan fingerprint density at radius 3 is 2.79 bits per heavy atom. The van der Waals surface area contributed by atoms with Gasteiger partial charge in [-0.3, -0.25) is 4.98 Å². The minimum absolute atomic E-state index is 0. The number of pyridine rings is 1. The molecule has 1 fully saturated rings. The van der Waals surface area contributed by atoms with E-state index in [0.29, 0.717) is 0 Å². The molecule has 0 N–H and O–H groups in total. The van der Waals surface area contributed by atoms with Crippen molar-refractivity contribution in [3.8, 4) is 0 Å². The molecule has 3 heteroatoms. The van der Waals surface area contributed by atoms with Gasteiger partial charge in [-0.25, -0.2) is 0 Å². The molecule has 0 saturated heterocycles. The summed E-state index contributed by atoms with van der Waals surface area (Å²) in [6, 6.07) is 16.6. The van der Waals surface area contributed by atoms with Crippen LogP contribution in [0.25, 0.3) is 27.3 Å². The average molecular weight is 492 g/mol.